The third kappa shape index (κ3) is 3.51. The molecular weight excluding hydrogens is 246 g/mol. The van der Waals surface area contributed by atoms with Gasteiger partial charge in [0.1, 0.15) is 0 Å². The quantitative estimate of drug-likeness (QED) is 0.912. The first-order valence-electron chi connectivity index (χ1n) is 8.24. The lowest BCUT2D eigenvalue weighted by atomic mass is 9.92. The van der Waals surface area contributed by atoms with Crippen LogP contribution in [-0.4, -0.2) is 35.1 Å². The maximum Gasteiger partial charge on any atom is 0.0393 e. The molecule has 0 unspecified atom stereocenters. The Balaban J connectivity index is 1.48. The number of rotatable bonds is 3. The lowest BCUT2D eigenvalue weighted by molar-refractivity contribution is 0.126. The summed E-state index contributed by atoms with van der Waals surface area (Å²) in [5, 5.41) is 3.68. The standard InChI is InChI=1S/C17H27N3/c1-14-13-16(7-10-18-14)19-15-8-11-20(12-9-15)17-5-3-2-4-6-17/h7,10,13,15,17H,2-6,8-9,11-12H2,1H3,(H,18,19). The topological polar surface area (TPSA) is 28.2 Å². The largest absolute Gasteiger partial charge is 0.382 e. The Hall–Kier alpha value is -1.09. The van der Waals surface area contributed by atoms with Gasteiger partial charge in [-0.25, -0.2) is 0 Å². The van der Waals surface area contributed by atoms with Gasteiger partial charge in [0.25, 0.3) is 0 Å². The van der Waals surface area contributed by atoms with Crippen LogP contribution in [0.2, 0.25) is 0 Å². The van der Waals surface area contributed by atoms with E-state index >= 15 is 0 Å². The van der Waals surface area contributed by atoms with Crippen LogP contribution in [-0.2, 0) is 0 Å². The Labute approximate surface area is 122 Å². The van der Waals surface area contributed by atoms with Crippen molar-refractivity contribution in [2.45, 2.75) is 64.0 Å². The van der Waals surface area contributed by atoms with Gasteiger partial charge in [-0.3, -0.25) is 4.98 Å². The molecule has 0 radical (unpaired) electrons. The van der Waals surface area contributed by atoms with Crippen LogP contribution in [0.1, 0.15) is 50.6 Å². The predicted octanol–water partition coefficient (Wildman–Crippen LogP) is 3.60. The molecule has 0 amide bonds. The van der Waals surface area contributed by atoms with Gasteiger partial charge in [-0.05, 0) is 44.7 Å². The Morgan fingerprint density at radius 2 is 1.85 bits per heavy atom. The molecule has 1 aromatic rings. The van der Waals surface area contributed by atoms with Crippen molar-refractivity contribution in [2.24, 2.45) is 0 Å². The fourth-order valence-electron chi connectivity index (χ4n) is 3.73. The molecule has 110 valence electrons. The predicted molar refractivity (Wildman–Crippen MR) is 84.1 cm³/mol. The molecule has 2 fully saturated rings. The first-order chi connectivity index (χ1) is 9.81. The van der Waals surface area contributed by atoms with Crippen LogP contribution in [0, 0.1) is 6.92 Å². The van der Waals surface area contributed by atoms with Gasteiger partial charge in [-0.1, -0.05) is 19.3 Å². The minimum atomic E-state index is 0.636. The summed E-state index contributed by atoms with van der Waals surface area (Å²) >= 11 is 0. The first-order valence-corrected chi connectivity index (χ1v) is 8.24. The van der Waals surface area contributed by atoms with Crippen LogP contribution < -0.4 is 5.32 Å². The van der Waals surface area contributed by atoms with Crippen LogP contribution >= 0.6 is 0 Å². The maximum atomic E-state index is 4.26. The van der Waals surface area contributed by atoms with E-state index in [1.54, 1.807) is 0 Å². The number of aromatic nitrogens is 1. The number of nitrogens with zero attached hydrogens (tertiary/aromatic N) is 2. The Bertz CT molecular complexity index is 418. The van der Waals surface area contributed by atoms with Gasteiger partial charge >= 0.3 is 0 Å². The van der Waals surface area contributed by atoms with Crippen LogP contribution in [0.25, 0.3) is 0 Å². The highest BCUT2D eigenvalue weighted by Gasteiger charge is 2.25. The van der Waals surface area contributed by atoms with Gasteiger partial charge in [0.05, 0.1) is 0 Å². The van der Waals surface area contributed by atoms with Crippen molar-refractivity contribution in [3.8, 4) is 0 Å². The second kappa shape index (κ2) is 6.57. The van der Waals surface area contributed by atoms with Crippen molar-refractivity contribution in [2.75, 3.05) is 18.4 Å². The van der Waals surface area contributed by atoms with Gasteiger partial charge < -0.3 is 10.2 Å². The highest BCUT2D eigenvalue weighted by Crippen LogP contribution is 2.26. The molecule has 0 spiro atoms. The second-order valence-electron chi connectivity index (χ2n) is 6.43. The van der Waals surface area contributed by atoms with E-state index in [4.69, 9.17) is 0 Å². The number of aryl methyl sites for hydroxylation is 1. The first kappa shape index (κ1) is 13.9. The number of anilines is 1. The van der Waals surface area contributed by atoms with Gasteiger partial charge in [0.15, 0.2) is 0 Å². The van der Waals surface area contributed by atoms with E-state index in [2.05, 4.69) is 34.3 Å². The van der Waals surface area contributed by atoms with E-state index in [1.165, 1.54) is 63.7 Å². The number of piperidine rings is 1. The van der Waals surface area contributed by atoms with Crippen molar-refractivity contribution in [1.82, 2.24) is 9.88 Å². The van der Waals surface area contributed by atoms with Gasteiger partial charge in [-0.15, -0.1) is 0 Å². The Morgan fingerprint density at radius 1 is 1.10 bits per heavy atom. The number of nitrogens with one attached hydrogen (secondary N) is 1. The molecule has 0 bridgehead atoms. The molecule has 3 nitrogen and oxygen atoms in total. The van der Waals surface area contributed by atoms with Crippen molar-refractivity contribution >= 4 is 5.69 Å². The normalized spacial score (nSPS) is 22.9. The summed E-state index contributed by atoms with van der Waals surface area (Å²) in [5.74, 6) is 0. The van der Waals surface area contributed by atoms with Crippen molar-refractivity contribution in [3.63, 3.8) is 0 Å². The molecule has 1 saturated heterocycles. The van der Waals surface area contributed by atoms with Crippen molar-refractivity contribution < 1.29 is 0 Å². The summed E-state index contributed by atoms with van der Waals surface area (Å²) in [6, 6.07) is 5.75. The zero-order valence-electron chi connectivity index (χ0n) is 12.6. The Kier molecular flexibility index (Phi) is 4.56. The monoisotopic (exact) mass is 273 g/mol. The summed E-state index contributed by atoms with van der Waals surface area (Å²) in [4.78, 5) is 7.00. The lowest BCUT2D eigenvalue weighted by Gasteiger charge is -2.39. The highest BCUT2D eigenvalue weighted by molar-refractivity contribution is 5.43. The average Bonchev–Trinajstić information content (AvgIpc) is 2.49. The Morgan fingerprint density at radius 3 is 2.55 bits per heavy atom. The fourth-order valence-corrected chi connectivity index (χ4v) is 3.73. The highest BCUT2D eigenvalue weighted by atomic mass is 15.2. The molecule has 1 aromatic heterocycles. The fraction of sp³-hybridized carbons (Fsp3) is 0.706. The van der Waals surface area contributed by atoms with E-state index in [-0.39, 0.29) is 0 Å². The number of hydrogen-bond acceptors (Lipinski definition) is 3. The molecule has 1 saturated carbocycles. The van der Waals surface area contributed by atoms with E-state index in [0.717, 1.165) is 11.7 Å². The molecule has 1 aliphatic heterocycles. The average molecular weight is 273 g/mol. The van der Waals surface area contributed by atoms with Crippen LogP contribution in [0.4, 0.5) is 5.69 Å². The third-order valence-corrected chi connectivity index (χ3v) is 4.89. The molecule has 3 rings (SSSR count). The molecular formula is C17H27N3. The van der Waals surface area contributed by atoms with Gasteiger partial charge in [-0.2, -0.15) is 0 Å². The van der Waals surface area contributed by atoms with Crippen LogP contribution in [0.3, 0.4) is 0 Å². The lowest BCUT2D eigenvalue weighted by Crippen LogP contribution is -2.45. The number of likely N-dealkylation sites (tertiary alicyclic amines) is 1. The van der Waals surface area contributed by atoms with E-state index < -0.39 is 0 Å². The van der Waals surface area contributed by atoms with Gasteiger partial charge in [0, 0.05) is 42.8 Å². The molecule has 1 aliphatic carbocycles. The van der Waals surface area contributed by atoms with Crippen molar-refractivity contribution in [1.29, 1.82) is 0 Å². The molecule has 0 atom stereocenters. The van der Waals surface area contributed by atoms with Crippen LogP contribution in [0.15, 0.2) is 18.3 Å². The third-order valence-electron chi connectivity index (χ3n) is 4.89. The van der Waals surface area contributed by atoms with E-state index in [1.807, 2.05) is 6.20 Å². The molecule has 20 heavy (non-hydrogen) atoms. The summed E-state index contributed by atoms with van der Waals surface area (Å²) in [6.45, 7) is 4.59. The minimum absolute atomic E-state index is 0.636. The summed E-state index contributed by atoms with van der Waals surface area (Å²) in [7, 11) is 0. The molecule has 2 heterocycles. The molecule has 2 aliphatic rings. The van der Waals surface area contributed by atoms with Gasteiger partial charge in [0.2, 0.25) is 0 Å². The smallest absolute Gasteiger partial charge is 0.0393 e. The zero-order valence-corrected chi connectivity index (χ0v) is 12.6. The summed E-state index contributed by atoms with van der Waals surface area (Å²) in [6.07, 6.45) is 11.7. The zero-order chi connectivity index (χ0) is 13.8. The van der Waals surface area contributed by atoms with Crippen LogP contribution in [0.5, 0.6) is 0 Å². The summed E-state index contributed by atoms with van der Waals surface area (Å²) in [5.41, 5.74) is 2.32. The summed E-state index contributed by atoms with van der Waals surface area (Å²) < 4.78 is 0. The molecule has 0 aromatic carbocycles. The number of pyridine rings is 1. The van der Waals surface area contributed by atoms with E-state index in [0.29, 0.717) is 6.04 Å². The molecule has 3 heteroatoms. The SMILES string of the molecule is Cc1cc(NC2CCN(C3CCCCC3)CC2)ccn1. The maximum absolute atomic E-state index is 4.26. The minimum Gasteiger partial charge on any atom is -0.382 e. The number of hydrogen-bond donors (Lipinski definition) is 1. The second-order valence-corrected chi connectivity index (χ2v) is 6.43. The van der Waals surface area contributed by atoms with E-state index in [9.17, 15) is 0 Å². The molecule has 1 N–H and O–H groups in total. The van der Waals surface area contributed by atoms with Crippen molar-refractivity contribution in [3.05, 3.63) is 24.0 Å².